The molecule has 7 atom stereocenters. The monoisotopic (exact) mass is 1130 g/mol. The van der Waals surface area contributed by atoms with Crippen LogP contribution in [0.4, 0.5) is 0 Å². The van der Waals surface area contributed by atoms with Crippen molar-refractivity contribution in [1.82, 2.24) is 5.32 Å². The minimum atomic E-state index is -5.09. The Hall–Kier alpha value is -1.68. The van der Waals surface area contributed by atoms with Crippen LogP contribution in [0.5, 0.6) is 0 Å². The molecule has 0 radical (unpaired) electrons. The number of ether oxygens (including phenoxy) is 2. The Balaban J connectivity index is 2.13. The van der Waals surface area contributed by atoms with E-state index in [0.29, 0.717) is 6.42 Å². The average molecular weight is 1130 g/mol. The third kappa shape index (κ3) is 45.9. The molecule has 78 heavy (non-hydrogen) atoms. The highest BCUT2D eigenvalue weighted by Crippen LogP contribution is 2.26. The van der Waals surface area contributed by atoms with Crippen molar-refractivity contribution in [3.05, 3.63) is 36.5 Å². The van der Waals surface area contributed by atoms with Crippen LogP contribution in [-0.4, -0.2) is 95.4 Å². The largest absolute Gasteiger partial charge is 0.397 e. The zero-order valence-electron chi connectivity index (χ0n) is 50.2. The summed E-state index contributed by atoms with van der Waals surface area (Å²) >= 11 is 0. The predicted molar refractivity (Wildman–Crippen MR) is 324 cm³/mol. The number of carbonyl (C=O) groups is 1. The van der Waals surface area contributed by atoms with Gasteiger partial charge in [-0.15, -0.1) is 0 Å². The molecule has 13 heteroatoms. The second-order valence-corrected chi connectivity index (χ2v) is 24.1. The molecule has 1 aliphatic rings. The number of aliphatic hydroxyl groups is 4. The molecule has 12 nitrogen and oxygen atoms in total. The van der Waals surface area contributed by atoms with E-state index in [1.807, 2.05) is 6.08 Å². The van der Waals surface area contributed by atoms with Crippen LogP contribution in [0.2, 0.25) is 0 Å². The first-order chi connectivity index (χ1) is 38.0. The average Bonchev–Trinajstić information content (AvgIpc) is 3.46. The van der Waals surface area contributed by atoms with E-state index in [9.17, 15) is 38.2 Å². The summed E-state index contributed by atoms with van der Waals surface area (Å²) in [7, 11) is -5.09. The van der Waals surface area contributed by atoms with Gasteiger partial charge in [-0.3, -0.25) is 9.35 Å². The Morgan fingerprint density at radius 1 is 0.513 bits per heavy atom. The minimum absolute atomic E-state index is 0.260. The molecule has 1 heterocycles. The number of carbonyl (C=O) groups excluding carboxylic acids is 1. The molecule has 1 rings (SSSR count). The van der Waals surface area contributed by atoms with E-state index in [1.165, 1.54) is 244 Å². The smallest absolute Gasteiger partial charge is 0.394 e. The Kier molecular flexibility index (Phi) is 52.0. The first-order valence-corrected chi connectivity index (χ1v) is 34.2. The molecule has 0 aromatic heterocycles. The lowest BCUT2D eigenvalue weighted by molar-refractivity contribution is -0.298. The quantitative estimate of drug-likeness (QED) is 0.0193. The topological polar surface area (TPSA) is 192 Å². The molecule has 460 valence electrons. The maximum Gasteiger partial charge on any atom is 0.397 e. The zero-order valence-corrected chi connectivity index (χ0v) is 51.1. The summed E-state index contributed by atoms with van der Waals surface area (Å²) in [6, 6.07) is -0.943. The highest BCUT2D eigenvalue weighted by Gasteiger charge is 2.48. The summed E-state index contributed by atoms with van der Waals surface area (Å²) in [4.78, 5) is 13.1. The van der Waals surface area contributed by atoms with Crippen LogP contribution in [0.3, 0.4) is 0 Å². The summed E-state index contributed by atoms with van der Waals surface area (Å²) in [6.45, 7) is 3.41. The van der Waals surface area contributed by atoms with Crippen molar-refractivity contribution in [2.45, 2.75) is 358 Å². The van der Waals surface area contributed by atoms with Crippen LogP contribution in [-0.2, 0) is 28.9 Å². The molecule has 0 spiro atoms. The SMILES string of the molecule is CCCCCCCCCCCC/C=C/C(O)C(COC1OC(CO)C(O)C(OS(=O)(=O)O)C1O)NC(=O)CCCCCCCCCCCCCCCCCCC/C=C\C/C=C\CCCCCCCCCCCCCCCCC. The summed E-state index contributed by atoms with van der Waals surface area (Å²) < 4.78 is 47.8. The molecule has 7 unspecified atom stereocenters. The normalized spacial score (nSPS) is 19.0. The lowest BCUT2D eigenvalue weighted by atomic mass is 9.99. The van der Waals surface area contributed by atoms with E-state index >= 15 is 0 Å². The van der Waals surface area contributed by atoms with Gasteiger partial charge in [-0.05, 0) is 51.4 Å². The Morgan fingerprint density at radius 2 is 0.859 bits per heavy atom. The molecule has 0 aromatic carbocycles. The van der Waals surface area contributed by atoms with Gasteiger partial charge < -0.3 is 35.2 Å². The van der Waals surface area contributed by atoms with Crippen LogP contribution >= 0.6 is 0 Å². The second-order valence-electron chi connectivity index (χ2n) is 23.1. The van der Waals surface area contributed by atoms with Gasteiger partial charge in [-0.25, -0.2) is 4.18 Å². The van der Waals surface area contributed by atoms with E-state index in [-0.39, 0.29) is 18.9 Å². The van der Waals surface area contributed by atoms with Gasteiger partial charge in [0.1, 0.15) is 24.4 Å². The van der Waals surface area contributed by atoms with Crippen molar-refractivity contribution in [1.29, 1.82) is 0 Å². The molecule has 6 N–H and O–H groups in total. The summed E-state index contributed by atoms with van der Waals surface area (Å²) in [5, 5.41) is 44.9. The van der Waals surface area contributed by atoms with Crippen molar-refractivity contribution in [3.8, 4) is 0 Å². The maximum atomic E-state index is 13.1. The lowest BCUT2D eigenvalue weighted by Crippen LogP contribution is -2.61. The number of rotatable bonds is 58. The number of hydrogen-bond donors (Lipinski definition) is 6. The van der Waals surface area contributed by atoms with Crippen LogP contribution in [0.15, 0.2) is 36.5 Å². The molecule has 0 saturated carbocycles. The highest BCUT2D eigenvalue weighted by molar-refractivity contribution is 7.80. The number of allylic oxidation sites excluding steroid dienone is 5. The van der Waals surface area contributed by atoms with Gasteiger partial charge in [0.2, 0.25) is 5.91 Å². The van der Waals surface area contributed by atoms with Gasteiger partial charge in [-0.2, -0.15) is 8.42 Å². The number of aliphatic hydroxyl groups excluding tert-OH is 4. The fourth-order valence-corrected chi connectivity index (χ4v) is 11.1. The van der Waals surface area contributed by atoms with Gasteiger partial charge in [0.25, 0.3) is 0 Å². The Bertz CT molecular complexity index is 1510. The summed E-state index contributed by atoms with van der Waals surface area (Å²) in [5.74, 6) is -0.260. The van der Waals surface area contributed by atoms with Crippen molar-refractivity contribution < 1.29 is 51.8 Å². The third-order valence-corrected chi connectivity index (χ3v) is 16.1. The molecule has 0 aromatic rings. The summed E-state index contributed by atoms with van der Waals surface area (Å²) in [6.07, 6.45) is 62.5. The maximum absolute atomic E-state index is 13.1. The number of nitrogens with one attached hydrogen (secondary N) is 1. The standard InChI is InChI=1S/C65H123NO11S/c1-3-5-7-9-11-13-15-17-18-19-20-21-22-23-24-25-26-27-28-29-30-31-32-33-34-35-36-37-38-39-40-41-42-43-45-47-49-51-53-55-61(69)66-58(59(68)54-52-50-48-46-44-16-14-12-10-8-6-4-2)57-75-65-63(71)64(77-78(72,73)74)62(70)60(56-67)76-65/h26-27,29-30,52,54,58-60,62-65,67-68,70-71H,3-25,28,31-51,53,55-57H2,1-2H3,(H,66,69)(H,72,73,74)/b27-26-,30-29-,54-52+. The highest BCUT2D eigenvalue weighted by atomic mass is 32.3. The third-order valence-electron chi connectivity index (χ3n) is 15.7. The van der Waals surface area contributed by atoms with Gasteiger partial charge >= 0.3 is 10.4 Å². The first-order valence-electron chi connectivity index (χ1n) is 32.9. The van der Waals surface area contributed by atoms with E-state index < -0.39 is 59.9 Å². The van der Waals surface area contributed by atoms with Crippen molar-refractivity contribution in [2.75, 3.05) is 13.2 Å². The van der Waals surface area contributed by atoms with Gasteiger partial charge in [0.15, 0.2) is 6.29 Å². The van der Waals surface area contributed by atoms with Gasteiger partial charge in [0, 0.05) is 6.42 Å². The minimum Gasteiger partial charge on any atom is -0.394 e. The molecule has 1 amide bonds. The second kappa shape index (κ2) is 54.6. The molecular formula is C65H123NO11S. The molecule has 1 saturated heterocycles. The van der Waals surface area contributed by atoms with Crippen LogP contribution in [0.1, 0.15) is 316 Å². The van der Waals surface area contributed by atoms with Crippen LogP contribution in [0, 0.1) is 0 Å². The molecule has 0 aliphatic carbocycles. The van der Waals surface area contributed by atoms with Crippen molar-refractivity contribution in [3.63, 3.8) is 0 Å². The Morgan fingerprint density at radius 3 is 1.22 bits per heavy atom. The summed E-state index contributed by atoms with van der Waals surface area (Å²) in [5.41, 5.74) is 0. The molecule has 1 aliphatic heterocycles. The number of hydrogen-bond acceptors (Lipinski definition) is 10. The number of unbranched alkanes of at least 4 members (excludes halogenated alkanes) is 42. The van der Waals surface area contributed by atoms with Crippen molar-refractivity contribution in [2.24, 2.45) is 0 Å². The van der Waals surface area contributed by atoms with E-state index in [2.05, 4.69) is 47.7 Å². The molecule has 1 fully saturated rings. The lowest BCUT2D eigenvalue weighted by Gasteiger charge is -2.41. The van der Waals surface area contributed by atoms with E-state index in [0.717, 1.165) is 44.9 Å². The van der Waals surface area contributed by atoms with E-state index in [4.69, 9.17) is 9.47 Å². The number of amides is 1. The van der Waals surface area contributed by atoms with Crippen LogP contribution < -0.4 is 5.32 Å². The fraction of sp³-hybridized carbons (Fsp3) is 0.892. The van der Waals surface area contributed by atoms with Crippen LogP contribution in [0.25, 0.3) is 0 Å². The predicted octanol–water partition coefficient (Wildman–Crippen LogP) is 16.5. The van der Waals surface area contributed by atoms with E-state index in [1.54, 1.807) is 6.08 Å². The Labute approximate surface area is 479 Å². The van der Waals surface area contributed by atoms with Gasteiger partial charge in [-0.1, -0.05) is 294 Å². The zero-order chi connectivity index (χ0) is 56.8. The molecule has 0 bridgehead atoms. The molecular weight excluding hydrogens is 1000 g/mol. The first kappa shape index (κ1) is 74.3. The van der Waals surface area contributed by atoms with Gasteiger partial charge in [0.05, 0.1) is 25.4 Å². The fourth-order valence-electron chi connectivity index (χ4n) is 10.6. The van der Waals surface area contributed by atoms with Crippen molar-refractivity contribution >= 4 is 16.3 Å².